The van der Waals surface area contributed by atoms with Crippen LogP contribution in [-0.2, 0) is 16.1 Å². The van der Waals surface area contributed by atoms with Gasteiger partial charge in [0.2, 0.25) is 11.8 Å². The lowest BCUT2D eigenvalue weighted by Crippen LogP contribution is -2.46. The fraction of sp³-hybridized carbons (Fsp3) is 0.609. The number of nitrogens with one attached hydrogen (secondary N) is 4. The zero-order valence-electron chi connectivity index (χ0n) is 18.0. The zero-order chi connectivity index (χ0) is 21.5. The standard InChI is InChI=1S/C23H34N4O3/c1-15(2)25-22(29)18-9-5-11-20(13-18)27-23(30)24-14-16-6-3-10-19(12-16)26-21(28)17-7-4-8-17/h3,6,10,12,15,17-18,20H,4-5,7-9,11,13-14H2,1-2H3,(H,25,29)(H,26,28)(H2,24,27,30). The van der Waals surface area contributed by atoms with E-state index in [0.717, 1.165) is 49.8 Å². The van der Waals surface area contributed by atoms with Crippen LogP contribution in [-0.4, -0.2) is 29.9 Å². The molecule has 1 aromatic carbocycles. The number of benzene rings is 1. The molecule has 4 amide bonds. The molecule has 0 bridgehead atoms. The molecule has 3 rings (SSSR count). The van der Waals surface area contributed by atoms with Crippen molar-refractivity contribution in [1.82, 2.24) is 16.0 Å². The van der Waals surface area contributed by atoms with Gasteiger partial charge in [0.1, 0.15) is 0 Å². The van der Waals surface area contributed by atoms with Gasteiger partial charge in [0.05, 0.1) is 0 Å². The van der Waals surface area contributed by atoms with Crippen molar-refractivity contribution in [2.75, 3.05) is 5.32 Å². The van der Waals surface area contributed by atoms with Crippen LogP contribution in [0.5, 0.6) is 0 Å². The van der Waals surface area contributed by atoms with Crippen molar-refractivity contribution in [2.45, 2.75) is 77.4 Å². The first-order chi connectivity index (χ1) is 14.4. The Hall–Kier alpha value is -2.57. The van der Waals surface area contributed by atoms with E-state index in [4.69, 9.17) is 0 Å². The van der Waals surface area contributed by atoms with Crippen LogP contribution in [0.4, 0.5) is 10.5 Å². The Kier molecular flexibility index (Phi) is 7.71. The molecule has 0 heterocycles. The van der Waals surface area contributed by atoms with Crippen molar-refractivity contribution < 1.29 is 14.4 Å². The van der Waals surface area contributed by atoms with Crippen LogP contribution in [0.1, 0.15) is 64.4 Å². The van der Waals surface area contributed by atoms with Gasteiger partial charge in [-0.25, -0.2) is 4.79 Å². The summed E-state index contributed by atoms with van der Waals surface area (Å²) in [5, 5.41) is 11.8. The van der Waals surface area contributed by atoms with Crippen LogP contribution in [0.3, 0.4) is 0 Å². The number of hydrogen-bond acceptors (Lipinski definition) is 3. The fourth-order valence-electron chi connectivity index (χ4n) is 4.05. The van der Waals surface area contributed by atoms with Gasteiger partial charge >= 0.3 is 6.03 Å². The van der Waals surface area contributed by atoms with Gasteiger partial charge in [-0.1, -0.05) is 25.0 Å². The molecule has 30 heavy (non-hydrogen) atoms. The number of amides is 4. The predicted molar refractivity (Wildman–Crippen MR) is 117 cm³/mol. The molecule has 2 unspecified atom stereocenters. The van der Waals surface area contributed by atoms with Crippen molar-refractivity contribution in [2.24, 2.45) is 11.8 Å². The van der Waals surface area contributed by atoms with E-state index in [2.05, 4.69) is 21.3 Å². The molecule has 164 valence electrons. The molecule has 1 aromatic rings. The highest BCUT2D eigenvalue weighted by Gasteiger charge is 2.28. The smallest absolute Gasteiger partial charge is 0.315 e. The molecular formula is C23H34N4O3. The average Bonchev–Trinajstić information content (AvgIpc) is 2.65. The van der Waals surface area contributed by atoms with Crippen LogP contribution in [0, 0.1) is 11.8 Å². The molecule has 4 N–H and O–H groups in total. The summed E-state index contributed by atoms with van der Waals surface area (Å²) < 4.78 is 0. The summed E-state index contributed by atoms with van der Waals surface area (Å²) in [4.78, 5) is 36.7. The van der Waals surface area contributed by atoms with Crippen LogP contribution in [0.15, 0.2) is 24.3 Å². The van der Waals surface area contributed by atoms with Crippen molar-refractivity contribution in [3.05, 3.63) is 29.8 Å². The number of carbonyl (C=O) groups is 3. The molecule has 0 aromatic heterocycles. The van der Waals surface area contributed by atoms with E-state index in [0.29, 0.717) is 13.0 Å². The molecule has 2 atom stereocenters. The predicted octanol–water partition coefficient (Wildman–Crippen LogP) is 3.31. The third-order valence-electron chi connectivity index (χ3n) is 5.93. The summed E-state index contributed by atoms with van der Waals surface area (Å²) in [5.41, 5.74) is 1.69. The summed E-state index contributed by atoms with van der Waals surface area (Å²) in [6.45, 7) is 4.29. The Morgan fingerprint density at radius 2 is 1.73 bits per heavy atom. The summed E-state index contributed by atoms with van der Waals surface area (Å²) in [6.07, 6.45) is 6.43. The fourth-order valence-corrected chi connectivity index (χ4v) is 4.05. The molecule has 2 aliphatic rings. The second kappa shape index (κ2) is 10.5. The monoisotopic (exact) mass is 414 g/mol. The van der Waals surface area contributed by atoms with Gasteiger partial charge in [0.25, 0.3) is 0 Å². The minimum Gasteiger partial charge on any atom is -0.354 e. The van der Waals surface area contributed by atoms with E-state index >= 15 is 0 Å². The van der Waals surface area contributed by atoms with Crippen molar-refractivity contribution >= 4 is 23.5 Å². The molecular weight excluding hydrogens is 380 g/mol. The topological polar surface area (TPSA) is 99.3 Å². The van der Waals surface area contributed by atoms with Crippen molar-refractivity contribution in [3.63, 3.8) is 0 Å². The quantitative estimate of drug-likeness (QED) is 0.551. The highest BCUT2D eigenvalue weighted by Crippen LogP contribution is 2.28. The number of hydrogen-bond donors (Lipinski definition) is 4. The number of carbonyl (C=O) groups excluding carboxylic acids is 3. The third-order valence-corrected chi connectivity index (χ3v) is 5.93. The summed E-state index contributed by atoms with van der Waals surface area (Å²) in [7, 11) is 0. The van der Waals surface area contributed by atoms with E-state index in [9.17, 15) is 14.4 Å². The van der Waals surface area contributed by atoms with E-state index in [-0.39, 0.29) is 41.8 Å². The molecule has 7 nitrogen and oxygen atoms in total. The van der Waals surface area contributed by atoms with E-state index in [1.807, 2.05) is 38.1 Å². The first kappa shape index (κ1) is 22.1. The van der Waals surface area contributed by atoms with Crippen LogP contribution in [0.2, 0.25) is 0 Å². The second-order valence-electron chi connectivity index (χ2n) is 8.87. The van der Waals surface area contributed by atoms with E-state index in [1.165, 1.54) is 0 Å². The van der Waals surface area contributed by atoms with Crippen LogP contribution >= 0.6 is 0 Å². The van der Waals surface area contributed by atoms with Gasteiger partial charge in [-0.2, -0.15) is 0 Å². The molecule has 0 saturated heterocycles. The molecule has 2 fully saturated rings. The first-order valence-electron chi connectivity index (χ1n) is 11.1. The van der Waals surface area contributed by atoms with Crippen molar-refractivity contribution in [1.29, 1.82) is 0 Å². The van der Waals surface area contributed by atoms with Gasteiger partial charge in [0.15, 0.2) is 0 Å². The summed E-state index contributed by atoms with van der Waals surface area (Å²) in [6, 6.07) is 7.47. The molecule has 7 heteroatoms. The maximum absolute atomic E-state index is 12.3. The number of rotatable bonds is 7. The second-order valence-corrected chi connectivity index (χ2v) is 8.87. The molecule has 2 saturated carbocycles. The average molecular weight is 415 g/mol. The normalized spacial score (nSPS) is 21.4. The van der Waals surface area contributed by atoms with Gasteiger partial charge in [-0.3, -0.25) is 9.59 Å². The Morgan fingerprint density at radius 3 is 2.43 bits per heavy atom. The van der Waals surface area contributed by atoms with Gasteiger partial charge in [0, 0.05) is 36.2 Å². The highest BCUT2D eigenvalue weighted by atomic mass is 16.2. The molecule has 0 spiro atoms. The summed E-state index contributed by atoms with van der Waals surface area (Å²) >= 11 is 0. The van der Waals surface area contributed by atoms with Gasteiger partial charge in [-0.15, -0.1) is 0 Å². The Labute approximate surface area is 178 Å². The van der Waals surface area contributed by atoms with Crippen LogP contribution in [0.25, 0.3) is 0 Å². The summed E-state index contributed by atoms with van der Waals surface area (Å²) in [5.74, 6) is 0.261. The maximum Gasteiger partial charge on any atom is 0.315 e. The Morgan fingerprint density at radius 1 is 1.00 bits per heavy atom. The van der Waals surface area contributed by atoms with Gasteiger partial charge < -0.3 is 21.3 Å². The van der Waals surface area contributed by atoms with Gasteiger partial charge in [-0.05, 0) is 63.6 Å². The lowest BCUT2D eigenvalue weighted by molar-refractivity contribution is -0.126. The highest BCUT2D eigenvalue weighted by molar-refractivity contribution is 5.93. The van der Waals surface area contributed by atoms with Crippen molar-refractivity contribution in [3.8, 4) is 0 Å². The number of anilines is 1. The molecule has 0 aliphatic heterocycles. The maximum atomic E-state index is 12.3. The third kappa shape index (κ3) is 6.47. The zero-order valence-corrected chi connectivity index (χ0v) is 18.0. The molecule has 2 aliphatic carbocycles. The molecule has 0 radical (unpaired) electrons. The van der Waals surface area contributed by atoms with E-state index in [1.54, 1.807) is 0 Å². The Balaban J connectivity index is 1.43. The number of urea groups is 1. The minimum absolute atomic E-state index is 0.00904. The minimum atomic E-state index is -0.228. The lowest BCUT2D eigenvalue weighted by atomic mass is 9.85. The first-order valence-corrected chi connectivity index (χ1v) is 11.1. The largest absolute Gasteiger partial charge is 0.354 e. The lowest BCUT2D eigenvalue weighted by Gasteiger charge is -2.29. The SMILES string of the molecule is CC(C)NC(=O)C1CCCC(NC(=O)NCc2cccc(NC(=O)C3CCC3)c2)C1. The van der Waals surface area contributed by atoms with E-state index < -0.39 is 0 Å². The van der Waals surface area contributed by atoms with Crippen LogP contribution < -0.4 is 21.3 Å². The Bertz CT molecular complexity index is 761.